The topological polar surface area (TPSA) is 94.4 Å². The molecule has 9 heteroatoms. The van der Waals surface area contributed by atoms with E-state index in [4.69, 9.17) is 0 Å². The molecule has 3 aromatic carbocycles. The normalized spacial score (nSPS) is 16.4. The lowest BCUT2D eigenvalue weighted by molar-refractivity contribution is -0.117. The second kappa shape index (κ2) is 11.3. The van der Waals surface area contributed by atoms with Crippen LogP contribution in [0.4, 0.5) is 11.4 Å². The molecule has 3 amide bonds. The van der Waals surface area contributed by atoms with Crippen molar-refractivity contribution in [2.24, 2.45) is 10.1 Å². The number of benzene rings is 3. The molecular weight excluding hydrogens is 522 g/mol. The fraction of sp³-hybridized carbons (Fsp3) is 0.194. The van der Waals surface area contributed by atoms with E-state index in [1.807, 2.05) is 60.7 Å². The molecule has 0 saturated heterocycles. The molecule has 0 fully saturated rings. The minimum absolute atomic E-state index is 0.00175. The predicted molar refractivity (Wildman–Crippen MR) is 161 cm³/mol. The van der Waals surface area contributed by atoms with Gasteiger partial charge in [-0.05, 0) is 46.9 Å². The third-order valence-electron chi connectivity index (χ3n) is 6.32. The zero-order valence-corrected chi connectivity index (χ0v) is 23.3. The van der Waals surface area contributed by atoms with E-state index < -0.39 is 0 Å². The van der Waals surface area contributed by atoms with Crippen LogP contribution in [0.25, 0.3) is 6.08 Å². The van der Waals surface area contributed by atoms with Gasteiger partial charge in [-0.1, -0.05) is 93.2 Å². The van der Waals surface area contributed by atoms with Gasteiger partial charge in [0.15, 0.2) is 5.17 Å². The van der Waals surface area contributed by atoms with Crippen molar-refractivity contribution >= 4 is 57.9 Å². The van der Waals surface area contributed by atoms with Crippen molar-refractivity contribution in [3.05, 3.63) is 102 Å². The van der Waals surface area contributed by atoms with Crippen molar-refractivity contribution in [3.8, 4) is 0 Å². The largest absolute Gasteiger partial charge is 0.312 e. The number of rotatable bonds is 5. The number of nitrogens with zero attached hydrogens (tertiary/aromatic N) is 4. The average molecular weight is 552 g/mol. The Morgan fingerprint density at radius 3 is 2.17 bits per heavy atom. The van der Waals surface area contributed by atoms with Crippen molar-refractivity contribution in [2.45, 2.75) is 32.6 Å². The number of aliphatic imine (C=N–C) groups is 1. The van der Waals surface area contributed by atoms with Gasteiger partial charge in [0.2, 0.25) is 5.91 Å². The maximum atomic E-state index is 13.4. The highest BCUT2D eigenvalue weighted by atomic mass is 32.2. The highest BCUT2D eigenvalue weighted by Crippen LogP contribution is 2.30. The van der Waals surface area contributed by atoms with Gasteiger partial charge in [0.25, 0.3) is 11.8 Å². The van der Waals surface area contributed by atoms with Gasteiger partial charge in [0, 0.05) is 0 Å². The monoisotopic (exact) mass is 551 g/mol. The number of carbonyl (C=O) groups excluding carboxylic acids is 3. The number of para-hydroxylation sites is 2. The predicted octanol–water partition coefficient (Wildman–Crippen LogP) is 5.33. The van der Waals surface area contributed by atoms with Crippen LogP contribution in [0.2, 0.25) is 0 Å². The number of thioether (sulfide) groups is 1. The van der Waals surface area contributed by atoms with Crippen molar-refractivity contribution in [3.63, 3.8) is 0 Å². The first-order valence-electron chi connectivity index (χ1n) is 12.9. The second-order valence-corrected chi connectivity index (χ2v) is 11.3. The number of hydrazone groups is 1. The molecule has 0 bridgehead atoms. The van der Waals surface area contributed by atoms with Crippen molar-refractivity contribution in [2.75, 3.05) is 15.7 Å². The Bertz CT molecular complexity index is 1520. The zero-order chi connectivity index (χ0) is 28.3. The fourth-order valence-corrected chi connectivity index (χ4v) is 5.04. The lowest BCUT2D eigenvalue weighted by Gasteiger charge is -2.18. The molecule has 0 unspecified atom stereocenters. The molecule has 5 rings (SSSR count). The van der Waals surface area contributed by atoms with E-state index in [1.54, 1.807) is 18.2 Å². The summed E-state index contributed by atoms with van der Waals surface area (Å²) >= 11 is 1.15. The molecule has 1 N–H and O–H groups in total. The quantitative estimate of drug-likeness (QED) is 0.434. The van der Waals surface area contributed by atoms with E-state index in [-0.39, 0.29) is 41.1 Å². The lowest BCUT2D eigenvalue weighted by atomic mass is 9.87. The average Bonchev–Trinajstić information content (AvgIpc) is 3.46. The summed E-state index contributed by atoms with van der Waals surface area (Å²) in [7, 11) is 0. The van der Waals surface area contributed by atoms with Crippen LogP contribution in [0.15, 0.2) is 101 Å². The number of hydrogen-bond acceptors (Lipinski definition) is 6. The highest BCUT2D eigenvalue weighted by Gasteiger charge is 2.33. The van der Waals surface area contributed by atoms with Crippen molar-refractivity contribution in [1.29, 1.82) is 0 Å². The molecule has 0 aromatic heterocycles. The van der Waals surface area contributed by atoms with E-state index in [2.05, 4.69) is 48.3 Å². The summed E-state index contributed by atoms with van der Waals surface area (Å²) in [6.07, 6.45) is 1.76. The summed E-state index contributed by atoms with van der Waals surface area (Å²) < 4.78 is 0. The molecule has 0 aliphatic carbocycles. The molecule has 2 aliphatic heterocycles. The third kappa shape index (κ3) is 6.05. The Morgan fingerprint density at radius 1 is 0.925 bits per heavy atom. The van der Waals surface area contributed by atoms with Crippen molar-refractivity contribution < 1.29 is 14.4 Å². The maximum Gasteiger partial charge on any atom is 0.283 e. The van der Waals surface area contributed by atoms with Crippen LogP contribution in [-0.2, 0) is 19.8 Å². The molecule has 2 heterocycles. The summed E-state index contributed by atoms with van der Waals surface area (Å²) in [6.45, 7) is 6.46. The molecule has 0 atom stereocenters. The molecule has 8 nitrogen and oxygen atoms in total. The Labute approximate surface area is 237 Å². The summed E-state index contributed by atoms with van der Waals surface area (Å²) in [5.41, 5.74) is 3.68. The Kier molecular flexibility index (Phi) is 7.66. The molecule has 0 spiro atoms. The van der Waals surface area contributed by atoms with Gasteiger partial charge >= 0.3 is 0 Å². The van der Waals surface area contributed by atoms with E-state index >= 15 is 0 Å². The van der Waals surface area contributed by atoms with E-state index in [0.717, 1.165) is 17.3 Å². The summed E-state index contributed by atoms with van der Waals surface area (Å²) in [5, 5.41) is 8.68. The van der Waals surface area contributed by atoms with Crippen LogP contribution in [-0.4, -0.2) is 34.5 Å². The number of amidine groups is 2. The molecule has 202 valence electrons. The van der Waals surface area contributed by atoms with E-state index in [9.17, 15) is 14.4 Å². The van der Waals surface area contributed by atoms with Gasteiger partial charge in [0.1, 0.15) is 11.5 Å². The SMILES string of the molecule is CC(C)(C)c1ccc(/C=C2\N=C(SCC(=O)NC3=NN(c4ccccc4)C(=O)C3)N(c3ccccc3)C2=O)cc1. The number of nitrogens with one attached hydrogen (secondary N) is 1. The summed E-state index contributed by atoms with van der Waals surface area (Å²) in [6, 6.07) is 26.3. The number of anilines is 2. The summed E-state index contributed by atoms with van der Waals surface area (Å²) in [4.78, 5) is 44.8. The Balaban J connectivity index is 1.31. The van der Waals surface area contributed by atoms with Crippen LogP contribution in [0.3, 0.4) is 0 Å². The first-order valence-corrected chi connectivity index (χ1v) is 13.9. The van der Waals surface area contributed by atoms with Crippen LogP contribution in [0.5, 0.6) is 0 Å². The van der Waals surface area contributed by atoms with Gasteiger partial charge in [-0.3, -0.25) is 19.3 Å². The standard InChI is InChI=1S/C31H29N5O3S/c1-31(2,3)22-16-14-21(15-17-22)18-25-29(39)35(23-10-6-4-7-11-23)30(32-25)40-20-27(37)33-26-19-28(38)36(34-26)24-12-8-5-9-13-24/h4-18H,19-20H2,1-3H3,(H,33,34,37)/b25-18-. The first kappa shape index (κ1) is 27.1. The molecule has 3 aromatic rings. The van der Waals surface area contributed by atoms with E-state index in [1.165, 1.54) is 15.5 Å². The minimum Gasteiger partial charge on any atom is -0.312 e. The minimum atomic E-state index is -0.343. The smallest absolute Gasteiger partial charge is 0.283 e. The highest BCUT2D eigenvalue weighted by molar-refractivity contribution is 8.14. The van der Waals surface area contributed by atoms with Gasteiger partial charge in [0.05, 0.1) is 23.5 Å². The van der Waals surface area contributed by atoms with Gasteiger partial charge < -0.3 is 5.32 Å². The molecule has 0 saturated carbocycles. The Morgan fingerprint density at radius 2 is 1.55 bits per heavy atom. The molecule has 0 radical (unpaired) electrons. The number of hydrogen-bond donors (Lipinski definition) is 1. The summed E-state index contributed by atoms with van der Waals surface area (Å²) in [5.74, 6) is -0.562. The van der Waals surface area contributed by atoms with Crippen LogP contribution in [0.1, 0.15) is 38.3 Å². The van der Waals surface area contributed by atoms with Gasteiger partial charge in [-0.15, -0.1) is 0 Å². The zero-order valence-electron chi connectivity index (χ0n) is 22.5. The van der Waals surface area contributed by atoms with Crippen LogP contribution < -0.4 is 15.2 Å². The second-order valence-electron chi connectivity index (χ2n) is 10.4. The van der Waals surface area contributed by atoms with Crippen LogP contribution in [0, 0.1) is 0 Å². The fourth-order valence-electron chi connectivity index (χ4n) is 4.23. The first-order chi connectivity index (χ1) is 19.2. The Hall–Kier alpha value is -4.50. The lowest BCUT2D eigenvalue weighted by Crippen LogP contribution is -2.34. The molecular formula is C31H29N5O3S. The number of amides is 3. The molecule has 40 heavy (non-hydrogen) atoms. The van der Waals surface area contributed by atoms with Gasteiger partial charge in [-0.25, -0.2) is 4.99 Å². The van der Waals surface area contributed by atoms with Crippen molar-refractivity contribution in [1.82, 2.24) is 5.32 Å². The third-order valence-corrected chi connectivity index (χ3v) is 7.26. The molecule has 2 aliphatic rings. The van der Waals surface area contributed by atoms with Crippen LogP contribution >= 0.6 is 11.8 Å². The number of carbonyl (C=O) groups is 3. The van der Waals surface area contributed by atoms with E-state index in [0.29, 0.717) is 22.2 Å². The maximum absolute atomic E-state index is 13.4. The van der Waals surface area contributed by atoms with Gasteiger partial charge in [-0.2, -0.15) is 10.1 Å².